The number of aryl methyl sites for hydroxylation is 1. The summed E-state index contributed by atoms with van der Waals surface area (Å²) in [5.74, 6) is 0.973. The zero-order valence-electron chi connectivity index (χ0n) is 13.5. The number of furan rings is 1. The fourth-order valence-electron chi connectivity index (χ4n) is 4.05. The minimum absolute atomic E-state index is 0.137. The van der Waals surface area contributed by atoms with Crippen molar-refractivity contribution in [3.8, 4) is 0 Å². The van der Waals surface area contributed by atoms with Crippen LogP contribution in [0.1, 0.15) is 35.8 Å². The molecule has 2 aromatic rings. The summed E-state index contributed by atoms with van der Waals surface area (Å²) in [5.41, 5.74) is 3.23. The lowest BCUT2D eigenvalue weighted by Crippen LogP contribution is -2.39. The van der Waals surface area contributed by atoms with Crippen LogP contribution in [0.3, 0.4) is 0 Å². The van der Waals surface area contributed by atoms with Gasteiger partial charge in [0, 0.05) is 12.0 Å². The minimum atomic E-state index is -0.820. The van der Waals surface area contributed by atoms with Crippen LogP contribution in [-0.2, 0) is 11.8 Å². The van der Waals surface area contributed by atoms with Gasteiger partial charge in [-0.05, 0) is 48.4 Å². The lowest BCUT2D eigenvalue weighted by atomic mass is 9.95. The van der Waals surface area contributed by atoms with Crippen LogP contribution in [0, 0.1) is 5.92 Å². The highest BCUT2D eigenvalue weighted by Gasteiger charge is 2.57. The summed E-state index contributed by atoms with van der Waals surface area (Å²) in [7, 11) is 0. The van der Waals surface area contributed by atoms with Crippen molar-refractivity contribution in [2.75, 3.05) is 13.1 Å². The van der Waals surface area contributed by atoms with E-state index in [-0.39, 0.29) is 18.0 Å². The van der Waals surface area contributed by atoms with Crippen LogP contribution >= 0.6 is 0 Å². The molecule has 0 radical (unpaired) electrons. The molecule has 3 N–H and O–H groups in total. The minimum Gasteiger partial charge on any atom is -0.467 e. The van der Waals surface area contributed by atoms with Crippen molar-refractivity contribution in [3.63, 3.8) is 0 Å². The molecule has 3 atom stereocenters. The van der Waals surface area contributed by atoms with E-state index in [0.717, 1.165) is 12.8 Å². The summed E-state index contributed by atoms with van der Waals surface area (Å²) in [6, 6.07) is 11.8. The molecule has 5 heteroatoms. The number of benzene rings is 1. The van der Waals surface area contributed by atoms with Gasteiger partial charge in [-0.1, -0.05) is 24.3 Å². The molecule has 2 aliphatic rings. The van der Waals surface area contributed by atoms with E-state index in [1.807, 2.05) is 0 Å². The zero-order chi connectivity index (χ0) is 16.6. The van der Waals surface area contributed by atoms with Crippen LogP contribution in [0.2, 0.25) is 0 Å². The average molecular weight is 326 g/mol. The first-order chi connectivity index (χ1) is 11.7. The second-order valence-electron chi connectivity index (χ2n) is 6.84. The fourth-order valence-corrected chi connectivity index (χ4v) is 4.05. The van der Waals surface area contributed by atoms with Crippen molar-refractivity contribution in [3.05, 3.63) is 59.5 Å². The number of urea groups is 1. The fraction of sp³-hybridized carbons (Fsp3) is 0.421. The molecule has 1 fully saturated rings. The van der Waals surface area contributed by atoms with Gasteiger partial charge in [0.2, 0.25) is 0 Å². The van der Waals surface area contributed by atoms with Crippen LogP contribution in [0.15, 0.2) is 47.1 Å². The lowest BCUT2D eigenvalue weighted by molar-refractivity contribution is 0.148. The number of aliphatic hydroxyl groups is 1. The van der Waals surface area contributed by atoms with E-state index in [9.17, 15) is 9.90 Å². The second kappa shape index (κ2) is 5.98. The molecule has 1 heterocycles. The van der Waals surface area contributed by atoms with E-state index in [0.29, 0.717) is 18.2 Å². The summed E-state index contributed by atoms with van der Waals surface area (Å²) >= 11 is 0. The van der Waals surface area contributed by atoms with Crippen LogP contribution in [-0.4, -0.2) is 24.2 Å². The first kappa shape index (κ1) is 15.3. The number of hydrogen-bond donors (Lipinski definition) is 3. The van der Waals surface area contributed by atoms with Gasteiger partial charge in [0.1, 0.15) is 11.9 Å². The largest absolute Gasteiger partial charge is 0.467 e. The van der Waals surface area contributed by atoms with Crippen molar-refractivity contribution in [2.45, 2.75) is 30.8 Å². The van der Waals surface area contributed by atoms with Crippen molar-refractivity contribution < 1.29 is 14.3 Å². The van der Waals surface area contributed by atoms with Crippen LogP contribution in [0.5, 0.6) is 0 Å². The molecule has 2 amide bonds. The quantitative estimate of drug-likeness (QED) is 0.790. The molecular weight excluding hydrogens is 304 g/mol. The van der Waals surface area contributed by atoms with Crippen molar-refractivity contribution in [1.82, 2.24) is 10.6 Å². The third kappa shape index (κ3) is 2.69. The third-order valence-electron chi connectivity index (χ3n) is 5.46. The number of amides is 2. The van der Waals surface area contributed by atoms with Gasteiger partial charge in [0.25, 0.3) is 0 Å². The maximum absolute atomic E-state index is 11.9. The van der Waals surface area contributed by atoms with Gasteiger partial charge in [-0.25, -0.2) is 4.79 Å². The number of hydrogen-bond acceptors (Lipinski definition) is 3. The van der Waals surface area contributed by atoms with E-state index in [1.165, 1.54) is 23.8 Å². The predicted molar refractivity (Wildman–Crippen MR) is 89.6 cm³/mol. The summed E-state index contributed by atoms with van der Waals surface area (Å²) < 4.78 is 5.11. The van der Waals surface area contributed by atoms with Gasteiger partial charge < -0.3 is 20.2 Å². The number of carbonyl (C=O) groups is 1. The Balaban J connectivity index is 1.25. The Morgan fingerprint density at radius 3 is 3.00 bits per heavy atom. The molecule has 4 rings (SSSR count). The molecule has 0 bridgehead atoms. The van der Waals surface area contributed by atoms with E-state index in [4.69, 9.17) is 4.42 Å². The highest BCUT2D eigenvalue weighted by molar-refractivity contribution is 5.74. The Morgan fingerprint density at radius 2 is 2.17 bits per heavy atom. The topological polar surface area (TPSA) is 74.5 Å². The summed E-state index contributed by atoms with van der Waals surface area (Å²) in [4.78, 5) is 11.9. The highest BCUT2D eigenvalue weighted by atomic mass is 16.4. The standard InChI is InChI=1S/C19H22N2O3/c22-16(17-6-3-9-24-17)12-21-18(23)20-11-14-10-19(14)8-7-13-4-1-2-5-15(13)19/h1-6,9,14,16,22H,7-8,10-12H2,(H2,20,21,23)/t14-,16+,19-/m1/s1. The Labute approximate surface area is 141 Å². The molecule has 0 saturated heterocycles. The summed E-state index contributed by atoms with van der Waals surface area (Å²) in [6.07, 6.45) is 4.18. The van der Waals surface area contributed by atoms with Gasteiger partial charge in [0.15, 0.2) is 0 Å². The lowest BCUT2D eigenvalue weighted by Gasteiger charge is -2.13. The van der Waals surface area contributed by atoms with Crippen LogP contribution < -0.4 is 10.6 Å². The molecule has 2 aliphatic carbocycles. The second-order valence-corrected chi connectivity index (χ2v) is 6.84. The average Bonchev–Trinajstić information content (AvgIpc) is 2.94. The normalized spacial score (nSPS) is 25.3. The Bertz CT molecular complexity index is 728. The van der Waals surface area contributed by atoms with Gasteiger partial charge in [-0.15, -0.1) is 0 Å². The number of rotatable bonds is 5. The predicted octanol–water partition coefficient (Wildman–Crippen LogP) is 2.52. The highest BCUT2D eigenvalue weighted by Crippen LogP contribution is 2.61. The number of nitrogens with one attached hydrogen (secondary N) is 2. The first-order valence-electron chi connectivity index (χ1n) is 8.50. The molecule has 1 spiro atoms. The number of carbonyl (C=O) groups excluding carboxylic acids is 1. The van der Waals surface area contributed by atoms with Gasteiger partial charge >= 0.3 is 6.03 Å². The van der Waals surface area contributed by atoms with E-state index in [2.05, 4.69) is 34.9 Å². The Morgan fingerprint density at radius 1 is 1.29 bits per heavy atom. The smallest absolute Gasteiger partial charge is 0.314 e. The van der Waals surface area contributed by atoms with Crippen molar-refractivity contribution in [1.29, 1.82) is 0 Å². The Kier molecular flexibility index (Phi) is 3.81. The molecule has 0 unspecified atom stereocenters. The Hall–Kier alpha value is -2.27. The molecule has 24 heavy (non-hydrogen) atoms. The molecule has 1 aromatic carbocycles. The molecular formula is C19H22N2O3. The number of fused-ring (bicyclic) bond motifs is 2. The van der Waals surface area contributed by atoms with Crippen molar-refractivity contribution >= 4 is 6.03 Å². The van der Waals surface area contributed by atoms with Crippen LogP contribution in [0.4, 0.5) is 4.79 Å². The third-order valence-corrected chi connectivity index (χ3v) is 5.46. The van der Waals surface area contributed by atoms with Gasteiger partial charge in [-0.2, -0.15) is 0 Å². The van der Waals surface area contributed by atoms with Gasteiger partial charge in [-0.3, -0.25) is 0 Å². The maximum Gasteiger partial charge on any atom is 0.314 e. The molecule has 1 aromatic heterocycles. The summed E-state index contributed by atoms with van der Waals surface area (Å²) in [5, 5.41) is 15.5. The maximum atomic E-state index is 11.9. The first-order valence-corrected chi connectivity index (χ1v) is 8.50. The van der Waals surface area contributed by atoms with E-state index >= 15 is 0 Å². The zero-order valence-corrected chi connectivity index (χ0v) is 13.5. The molecule has 1 saturated carbocycles. The van der Waals surface area contributed by atoms with E-state index in [1.54, 1.807) is 12.1 Å². The molecule has 0 aliphatic heterocycles. The van der Waals surface area contributed by atoms with Crippen molar-refractivity contribution in [2.24, 2.45) is 5.92 Å². The summed E-state index contributed by atoms with van der Waals surface area (Å²) in [6.45, 7) is 0.814. The number of aliphatic hydroxyl groups excluding tert-OH is 1. The molecule has 5 nitrogen and oxygen atoms in total. The monoisotopic (exact) mass is 326 g/mol. The van der Waals surface area contributed by atoms with Gasteiger partial charge in [0.05, 0.1) is 12.8 Å². The van der Waals surface area contributed by atoms with Crippen LogP contribution in [0.25, 0.3) is 0 Å². The molecule has 126 valence electrons. The van der Waals surface area contributed by atoms with E-state index < -0.39 is 6.10 Å². The SMILES string of the molecule is O=C(NC[C@H]1C[C@]12CCc1ccccc12)NC[C@H](O)c1ccco1.